The lowest BCUT2D eigenvalue weighted by Crippen LogP contribution is -2.50. The van der Waals surface area contributed by atoms with Gasteiger partial charge in [0.2, 0.25) is 5.91 Å². The third-order valence-corrected chi connectivity index (χ3v) is 6.34. The van der Waals surface area contributed by atoms with Crippen molar-refractivity contribution in [1.29, 1.82) is 0 Å². The quantitative estimate of drug-likeness (QED) is 0.388. The summed E-state index contributed by atoms with van der Waals surface area (Å²) in [6, 6.07) is 5.75. The van der Waals surface area contributed by atoms with Gasteiger partial charge in [-0.2, -0.15) is 0 Å². The normalized spacial score (nSPS) is 23.5. The van der Waals surface area contributed by atoms with Gasteiger partial charge in [-0.15, -0.1) is 11.8 Å². The third-order valence-electron chi connectivity index (χ3n) is 4.45. The maximum absolute atomic E-state index is 11.9. The first-order valence-electron chi connectivity index (χ1n) is 8.07. The van der Waals surface area contributed by atoms with Crippen LogP contribution in [0.1, 0.15) is 18.4 Å². The van der Waals surface area contributed by atoms with E-state index in [1.165, 1.54) is 18.2 Å². The number of nitrogens with one attached hydrogen (secondary N) is 3. The van der Waals surface area contributed by atoms with Gasteiger partial charge in [0, 0.05) is 21.8 Å². The number of hydrazine groups is 1. The molecular weight excluding hydrogens is 397 g/mol. The molecule has 8 heteroatoms. The van der Waals surface area contributed by atoms with Crippen molar-refractivity contribution < 1.29 is 4.79 Å². The number of carbonyl (C=O) groups is 1. The number of halogens is 2. The zero-order valence-corrected chi connectivity index (χ0v) is 16.6. The molecule has 3 rings (SSSR count). The van der Waals surface area contributed by atoms with Crippen LogP contribution < -0.4 is 16.2 Å². The smallest absolute Gasteiger partial charge is 0.248 e. The van der Waals surface area contributed by atoms with Gasteiger partial charge in [0.25, 0.3) is 0 Å². The van der Waals surface area contributed by atoms with E-state index in [1.807, 2.05) is 0 Å². The molecule has 134 valence electrons. The second-order valence-corrected chi connectivity index (χ2v) is 8.43. The molecule has 4 nitrogen and oxygen atoms in total. The lowest BCUT2D eigenvalue weighted by molar-refractivity contribution is -0.119. The number of hydrogen-bond acceptors (Lipinski definition) is 3. The molecule has 1 saturated carbocycles. The number of thiocarbonyl (C=S) groups is 1. The number of allylic oxidation sites excluding steroid dienone is 1. The predicted molar refractivity (Wildman–Crippen MR) is 109 cm³/mol. The van der Waals surface area contributed by atoms with Gasteiger partial charge < -0.3 is 5.32 Å². The zero-order valence-electron chi connectivity index (χ0n) is 13.4. The van der Waals surface area contributed by atoms with Gasteiger partial charge in [-0.25, -0.2) is 0 Å². The molecule has 0 aliphatic heterocycles. The molecule has 0 radical (unpaired) electrons. The molecule has 1 aromatic rings. The van der Waals surface area contributed by atoms with Crippen LogP contribution in [0, 0.1) is 11.8 Å². The van der Waals surface area contributed by atoms with E-state index < -0.39 is 0 Å². The summed E-state index contributed by atoms with van der Waals surface area (Å²) in [5.74, 6) is 1.94. The fourth-order valence-corrected chi connectivity index (χ4v) is 5.00. The Morgan fingerprint density at radius 2 is 1.96 bits per heavy atom. The number of rotatable bonds is 5. The maximum atomic E-state index is 11.9. The average Bonchev–Trinajstić information content (AvgIpc) is 3.18. The van der Waals surface area contributed by atoms with Crippen LogP contribution in [0.5, 0.6) is 0 Å². The molecule has 0 aromatic heterocycles. The zero-order chi connectivity index (χ0) is 17.8. The van der Waals surface area contributed by atoms with Crippen LogP contribution in [0.2, 0.25) is 10.0 Å². The summed E-state index contributed by atoms with van der Waals surface area (Å²) in [6.45, 7) is 0. The summed E-state index contributed by atoms with van der Waals surface area (Å²) in [5, 5.41) is 4.96. The molecular formula is C17H19Cl2N3OS2. The molecule has 2 aliphatic rings. The number of amides is 1. The fourth-order valence-electron chi connectivity index (χ4n) is 3.23. The van der Waals surface area contributed by atoms with Gasteiger partial charge in [-0.05, 0) is 54.6 Å². The number of hydrogen-bond donors (Lipinski definition) is 3. The molecule has 3 atom stereocenters. The Balaban J connectivity index is 1.34. The van der Waals surface area contributed by atoms with Gasteiger partial charge in [0.05, 0.1) is 5.75 Å². The third kappa shape index (κ3) is 5.03. The summed E-state index contributed by atoms with van der Waals surface area (Å²) in [6.07, 6.45) is 6.84. The monoisotopic (exact) mass is 415 g/mol. The molecule has 0 saturated heterocycles. The van der Waals surface area contributed by atoms with Crippen molar-refractivity contribution in [2.24, 2.45) is 11.8 Å². The highest BCUT2D eigenvalue weighted by atomic mass is 35.5. The van der Waals surface area contributed by atoms with Gasteiger partial charge in [-0.3, -0.25) is 15.6 Å². The predicted octanol–water partition coefficient (Wildman–Crippen LogP) is 3.69. The number of thioether (sulfide) groups is 1. The fraction of sp³-hybridized carbons (Fsp3) is 0.412. The molecule has 2 bridgehead atoms. The molecule has 2 aliphatic carbocycles. The molecule has 1 amide bonds. The van der Waals surface area contributed by atoms with Crippen molar-refractivity contribution >= 4 is 58.2 Å². The Labute approximate surface area is 167 Å². The lowest BCUT2D eigenvalue weighted by Gasteiger charge is -2.22. The van der Waals surface area contributed by atoms with Crippen molar-refractivity contribution in [3.63, 3.8) is 0 Å². The highest BCUT2D eigenvalue weighted by molar-refractivity contribution is 7.99. The minimum absolute atomic E-state index is 0.148. The second kappa shape index (κ2) is 8.62. The van der Waals surface area contributed by atoms with Gasteiger partial charge >= 0.3 is 0 Å². The van der Waals surface area contributed by atoms with Crippen molar-refractivity contribution in [2.45, 2.75) is 24.6 Å². The van der Waals surface area contributed by atoms with E-state index in [0.29, 0.717) is 38.8 Å². The van der Waals surface area contributed by atoms with Crippen molar-refractivity contribution in [2.75, 3.05) is 5.75 Å². The van der Waals surface area contributed by atoms with Crippen LogP contribution in [0.15, 0.2) is 30.4 Å². The Morgan fingerprint density at radius 3 is 2.60 bits per heavy atom. The average molecular weight is 416 g/mol. The molecule has 25 heavy (non-hydrogen) atoms. The highest BCUT2D eigenvalue weighted by Crippen LogP contribution is 2.38. The minimum atomic E-state index is -0.148. The van der Waals surface area contributed by atoms with E-state index in [-0.39, 0.29) is 11.7 Å². The minimum Gasteiger partial charge on any atom is -0.358 e. The van der Waals surface area contributed by atoms with Crippen LogP contribution in [-0.4, -0.2) is 22.8 Å². The Hall–Kier alpha value is -0.950. The van der Waals surface area contributed by atoms with Gasteiger partial charge in [-0.1, -0.05) is 41.4 Å². The van der Waals surface area contributed by atoms with Crippen molar-refractivity contribution in [3.05, 3.63) is 46.0 Å². The first-order valence-corrected chi connectivity index (χ1v) is 10.4. The van der Waals surface area contributed by atoms with Crippen LogP contribution >= 0.6 is 47.2 Å². The first-order chi connectivity index (χ1) is 12.0. The summed E-state index contributed by atoms with van der Waals surface area (Å²) in [7, 11) is 0. The second-order valence-electron chi connectivity index (χ2n) is 6.23. The lowest BCUT2D eigenvalue weighted by atomic mass is 10.0. The van der Waals surface area contributed by atoms with Crippen LogP contribution in [-0.2, 0) is 10.5 Å². The summed E-state index contributed by atoms with van der Waals surface area (Å²) in [5.41, 5.74) is 6.24. The SMILES string of the molecule is O=C(CSCc1c(Cl)cccc1Cl)NNC(=S)N[C@@H]1C[C@@H]2C=C[C@@H]1C2. The maximum Gasteiger partial charge on any atom is 0.248 e. The van der Waals surface area contributed by atoms with Crippen LogP contribution in [0.25, 0.3) is 0 Å². The molecule has 0 unspecified atom stereocenters. The number of benzene rings is 1. The number of carbonyl (C=O) groups excluding carboxylic acids is 1. The van der Waals surface area contributed by atoms with Gasteiger partial charge in [0.1, 0.15) is 0 Å². The van der Waals surface area contributed by atoms with Gasteiger partial charge in [0.15, 0.2) is 5.11 Å². The van der Waals surface area contributed by atoms with Crippen LogP contribution in [0.3, 0.4) is 0 Å². The first kappa shape index (κ1) is 18.8. The van der Waals surface area contributed by atoms with E-state index in [1.54, 1.807) is 18.2 Å². The van der Waals surface area contributed by atoms with E-state index in [4.69, 9.17) is 35.4 Å². The van der Waals surface area contributed by atoms with E-state index in [2.05, 4.69) is 28.3 Å². The molecule has 1 fully saturated rings. The van der Waals surface area contributed by atoms with E-state index >= 15 is 0 Å². The van der Waals surface area contributed by atoms with E-state index in [0.717, 1.165) is 12.0 Å². The molecule has 0 spiro atoms. The van der Waals surface area contributed by atoms with Crippen LogP contribution in [0.4, 0.5) is 0 Å². The molecule has 0 heterocycles. The molecule has 3 N–H and O–H groups in total. The van der Waals surface area contributed by atoms with Crippen molar-refractivity contribution in [3.8, 4) is 0 Å². The molecule has 1 aromatic carbocycles. The largest absolute Gasteiger partial charge is 0.358 e. The topological polar surface area (TPSA) is 53.2 Å². The highest BCUT2D eigenvalue weighted by Gasteiger charge is 2.35. The summed E-state index contributed by atoms with van der Waals surface area (Å²) >= 11 is 18.9. The summed E-state index contributed by atoms with van der Waals surface area (Å²) in [4.78, 5) is 11.9. The van der Waals surface area contributed by atoms with E-state index in [9.17, 15) is 4.79 Å². The number of fused-ring (bicyclic) bond motifs is 2. The summed E-state index contributed by atoms with van der Waals surface area (Å²) < 4.78 is 0. The van der Waals surface area contributed by atoms with Crippen molar-refractivity contribution in [1.82, 2.24) is 16.2 Å². The standard InChI is InChI=1S/C17H19Cl2N3OS2/c18-13-2-1-3-14(19)12(13)8-25-9-16(23)21-22-17(24)20-15-7-10-4-5-11(15)6-10/h1-5,10-11,15H,6-9H2,(H,21,23)(H2,20,22,24)/t10-,11-,15-/m1/s1. The Morgan fingerprint density at radius 1 is 1.20 bits per heavy atom. The Kier molecular flexibility index (Phi) is 6.49. The Bertz CT molecular complexity index is 678.